The van der Waals surface area contributed by atoms with Crippen molar-refractivity contribution in [3.63, 3.8) is 0 Å². The second-order valence-electron chi connectivity index (χ2n) is 6.44. The summed E-state index contributed by atoms with van der Waals surface area (Å²) in [5, 5.41) is 5.56. The molecule has 5 nitrogen and oxygen atoms in total. The van der Waals surface area contributed by atoms with Crippen molar-refractivity contribution in [2.75, 3.05) is 16.8 Å². The topological polar surface area (TPSA) is 50.2 Å². The van der Waals surface area contributed by atoms with Crippen LogP contribution < -0.4 is 10.2 Å². The molecular weight excluding hydrogens is 356 g/mol. The van der Waals surface area contributed by atoms with Crippen LogP contribution in [0.5, 0.6) is 0 Å². The number of terminal acetylenes is 1. The number of anilines is 2. The molecule has 4 rings (SSSR count). The molecule has 1 aliphatic rings. The lowest BCUT2D eigenvalue weighted by atomic mass is 10.1. The van der Waals surface area contributed by atoms with Crippen molar-refractivity contribution in [1.29, 1.82) is 0 Å². The molecule has 2 aromatic heterocycles. The Hall–Kier alpha value is -3.04. The molecule has 3 aromatic rings. The highest BCUT2D eigenvalue weighted by Crippen LogP contribution is 2.37. The quantitative estimate of drug-likeness (QED) is 0.680. The van der Waals surface area contributed by atoms with Gasteiger partial charge in [-0.3, -0.25) is 10.1 Å². The minimum absolute atomic E-state index is 0.192. The lowest BCUT2D eigenvalue weighted by Gasteiger charge is -2.25. The summed E-state index contributed by atoms with van der Waals surface area (Å²) in [6.45, 7) is 1.39. The van der Waals surface area contributed by atoms with Gasteiger partial charge < -0.3 is 9.47 Å². The monoisotopic (exact) mass is 376 g/mol. The molecular formula is C21H20N4OS. The maximum absolute atomic E-state index is 12.5. The first-order valence-corrected chi connectivity index (χ1v) is 9.81. The highest BCUT2D eigenvalue weighted by atomic mass is 32.1. The van der Waals surface area contributed by atoms with Crippen molar-refractivity contribution in [3.05, 3.63) is 65.4 Å². The summed E-state index contributed by atoms with van der Waals surface area (Å²) in [6, 6.07) is 14.2. The van der Waals surface area contributed by atoms with Crippen LogP contribution in [0.25, 0.3) is 0 Å². The lowest BCUT2D eigenvalue weighted by Crippen LogP contribution is -2.22. The van der Waals surface area contributed by atoms with E-state index in [1.165, 1.54) is 17.0 Å². The molecule has 0 saturated carbocycles. The first-order chi connectivity index (χ1) is 13.3. The van der Waals surface area contributed by atoms with Crippen LogP contribution in [0.1, 0.15) is 35.1 Å². The third kappa shape index (κ3) is 3.60. The van der Waals surface area contributed by atoms with E-state index < -0.39 is 0 Å². The summed E-state index contributed by atoms with van der Waals surface area (Å²) in [7, 11) is 0. The Morgan fingerprint density at radius 2 is 2.15 bits per heavy atom. The van der Waals surface area contributed by atoms with Gasteiger partial charge in [0.2, 0.25) is 0 Å². The second kappa shape index (κ2) is 7.68. The van der Waals surface area contributed by atoms with Gasteiger partial charge in [-0.15, -0.1) is 17.8 Å². The van der Waals surface area contributed by atoms with Gasteiger partial charge in [-0.25, -0.2) is 4.98 Å². The summed E-state index contributed by atoms with van der Waals surface area (Å²) < 4.78 is 1.75. The molecule has 0 spiro atoms. The molecule has 0 bridgehead atoms. The number of thiazole rings is 1. The van der Waals surface area contributed by atoms with Gasteiger partial charge in [-0.1, -0.05) is 24.1 Å². The molecule has 6 heteroatoms. The molecule has 1 saturated heterocycles. The van der Waals surface area contributed by atoms with Gasteiger partial charge in [0.1, 0.15) is 5.69 Å². The van der Waals surface area contributed by atoms with Gasteiger partial charge in [0.15, 0.2) is 5.13 Å². The minimum Gasteiger partial charge on any atom is -0.363 e. The Morgan fingerprint density at radius 1 is 1.30 bits per heavy atom. The van der Waals surface area contributed by atoms with Gasteiger partial charge in [-0.2, -0.15) is 0 Å². The molecule has 1 amide bonds. The van der Waals surface area contributed by atoms with E-state index in [0.29, 0.717) is 17.4 Å². The van der Waals surface area contributed by atoms with Gasteiger partial charge in [0.05, 0.1) is 18.3 Å². The number of carbonyl (C=O) groups is 1. The van der Waals surface area contributed by atoms with E-state index in [2.05, 4.69) is 45.4 Å². The zero-order valence-corrected chi connectivity index (χ0v) is 15.7. The van der Waals surface area contributed by atoms with E-state index >= 15 is 0 Å². The summed E-state index contributed by atoms with van der Waals surface area (Å²) in [5.74, 6) is 2.36. The summed E-state index contributed by atoms with van der Waals surface area (Å²) >= 11 is 1.46. The zero-order chi connectivity index (χ0) is 18.6. The van der Waals surface area contributed by atoms with Crippen molar-refractivity contribution in [2.45, 2.75) is 25.4 Å². The normalized spacial score (nSPS) is 16.3. The summed E-state index contributed by atoms with van der Waals surface area (Å²) in [6.07, 6.45) is 9.37. The predicted molar refractivity (Wildman–Crippen MR) is 109 cm³/mol. The smallest absolute Gasteiger partial charge is 0.274 e. The third-order valence-corrected chi connectivity index (χ3v) is 5.52. The minimum atomic E-state index is -0.192. The first-order valence-electron chi connectivity index (χ1n) is 8.93. The van der Waals surface area contributed by atoms with Gasteiger partial charge >= 0.3 is 0 Å². The number of benzene rings is 1. The number of nitrogens with one attached hydrogen (secondary N) is 1. The first kappa shape index (κ1) is 17.4. The Morgan fingerprint density at radius 3 is 2.96 bits per heavy atom. The molecule has 3 heterocycles. The average molecular weight is 376 g/mol. The van der Waals surface area contributed by atoms with Crippen LogP contribution in [0.3, 0.4) is 0 Å². The predicted octanol–water partition coefficient (Wildman–Crippen LogP) is 4.17. The SMILES string of the molecule is C#CCn1cccc1C(=O)Nc1nc([C@H]2CCCN2c2ccccc2)cs1. The van der Waals surface area contributed by atoms with Gasteiger partial charge in [-0.05, 0) is 37.1 Å². The maximum Gasteiger partial charge on any atom is 0.274 e. The van der Waals surface area contributed by atoms with Crippen molar-refractivity contribution in [2.24, 2.45) is 0 Å². The largest absolute Gasteiger partial charge is 0.363 e. The standard InChI is InChI=1S/C21H20N4OS/c1-2-12-24-13-6-11-19(24)20(26)23-21-22-17(15-27-21)18-10-7-14-25(18)16-8-4-3-5-9-16/h1,3-6,8-9,11,13,15,18H,7,10,12,14H2,(H,22,23,26)/t18-/m1/s1. The molecule has 27 heavy (non-hydrogen) atoms. The fraction of sp³-hybridized carbons (Fsp3) is 0.238. The summed E-state index contributed by atoms with van der Waals surface area (Å²) in [4.78, 5) is 19.6. The molecule has 1 aliphatic heterocycles. The molecule has 1 fully saturated rings. The summed E-state index contributed by atoms with van der Waals surface area (Å²) in [5.41, 5.74) is 2.76. The second-order valence-corrected chi connectivity index (χ2v) is 7.30. The number of amides is 1. The van der Waals surface area contributed by atoms with Crippen LogP contribution >= 0.6 is 11.3 Å². The maximum atomic E-state index is 12.5. The molecule has 136 valence electrons. The van der Waals surface area contributed by atoms with Crippen molar-refractivity contribution in [3.8, 4) is 12.3 Å². The van der Waals surface area contributed by atoms with Crippen LogP contribution in [0.2, 0.25) is 0 Å². The van der Waals surface area contributed by atoms with Crippen LogP contribution in [-0.4, -0.2) is 22.0 Å². The Bertz CT molecular complexity index is 969. The van der Waals surface area contributed by atoms with Gasteiger partial charge in [0, 0.05) is 23.8 Å². The van der Waals surface area contributed by atoms with E-state index in [1.54, 1.807) is 16.8 Å². The Kier molecular flexibility index (Phi) is 4.95. The van der Waals surface area contributed by atoms with Crippen molar-refractivity contribution >= 4 is 28.1 Å². The zero-order valence-electron chi connectivity index (χ0n) is 14.8. The third-order valence-electron chi connectivity index (χ3n) is 4.75. The molecule has 1 aromatic carbocycles. The molecule has 1 N–H and O–H groups in total. The highest BCUT2D eigenvalue weighted by molar-refractivity contribution is 7.14. The number of hydrogen-bond acceptors (Lipinski definition) is 4. The van der Waals surface area contributed by atoms with Crippen molar-refractivity contribution < 1.29 is 4.79 Å². The lowest BCUT2D eigenvalue weighted by molar-refractivity contribution is 0.101. The number of para-hydroxylation sites is 1. The molecule has 0 unspecified atom stereocenters. The number of aromatic nitrogens is 2. The van der Waals surface area contributed by atoms with Crippen LogP contribution in [-0.2, 0) is 6.54 Å². The van der Waals surface area contributed by atoms with Gasteiger partial charge in [0.25, 0.3) is 5.91 Å². The van der Waals surface area contributed by atoms with E-state index in [-0.39, 0.29) is 11.9 Å². The molecule has 0 radical (unpaired) electrons. The van der Waals surface area contributed by atoms with Crippen LogP contribution in [0, 0.1) is 12.3 Å². The molecule has 0 aliphatic carbocycles. The van der Waals surface area contributed by atoms with Crippen molar-refractivity contribution in [1.82, 2.24) is 9.55 Å². The van der Waals surface area contributed by atoms with Crippen LogP contribution in [0.15, 0.2) is 54.0 Å². The van der Waals surface area contributed by atoms with Crippen LogP contribution in [0.4, 0.5) is 10.8 Å². The van der Waals surface area contributed by atoms with E-state index in [0.717, 1.165) is 25.1 Å². The number of nitrogens with zero attached hydrogens (tertiary/aromatic N) is 3. The number of rotatable bonds is 5. The Labute approximate surface area is 162 Å². The average Bonchev–Trinajstić information content (AvgIpc) is 3.43. The molecule has 1 atom stereocenters. The van der Waals surface area contributed by atoms with E-state index in [9.17, 15) is 4.79 Å². The highest BCUT2D eigenvalue weighted by Gasteiger charge is 2.28. The fourth-order valence-electron chi connectivity index (χ4n) is 3.52. The Balaban J connectivity index is 1.49. The number of hydrogen-bond donors (Lipinski definition) is 1. The fourth-order valence-corrected chi connectivity index (χ4v) is 4.27. The van der Waals surface area contributed by atoms with E-state index in [1.807, 2.05) is 17.5 Å². The van der Waals surface area contributed by atoms with E-state index in [4.69, 9.17) is 6.42 Å². The number of carbonyl (C=O) groups excluding carboxylic acids is 1.